The minimum atomic E-state index is -0.668. The number of hydrogen-bond donors (Lipinski definition) is 1. The zero-order valence-corrected chi connectivity index (χ0v) is 9.79. The number of nitrogens with zero attached hydrogens (tertiary/aromatic N) is 2. The number of rotatable bonds is 3. The van der Waals surface area contributed by atoms with Crippen molar-refractivity contribution in [3.63, 3.8) is 0 Å². The number of nitrogens with one attached hydrogen (secondary N) is 1. The molecule has 90 valence electrons. The Labute approximate surface area is 94.6 Å². The Bertz CT molecular complexity index is 345. The summed E-state index contributed by atoms with van der Waals surface area (Å²) in [7, 11) is 0. The molecule has 0 unspecified atom stereocenters. The lowest BCUT2D eigenvalue weighted by molar-refractivity contribution is 0.257. The molecule has 1 aliphatic heterocycles. The van der Waals surface area contributed by atoms with E-state index in [1.807, 2.05) is 0 Å². The van der Waals surface area contributed by atoms with Gasteiger partial charge < -0.3 is 9.84 Å². The third-order valence-electron chi connectivity index (χ3n) is 3.06. The third-order valence-corrected chi connectivity index (χ3v) is 3.06. The van der Waals surface area contributed by atoms with Gasteiger partial charge in [-0.3, -0.25) is 0 Å². The lowest BCUT2D eigenvalue weighted by Gasteiger charge is -2.19. The Hall–Kier alpha value is -0.970. The molecule has 1 saturated heterocycles. The van der Waals surface area contributed by atoms with Crippen molar-refractivity contribution in [1.29, 1.82) is 0 Å². The van der Waals surface area contributed by atoms with E-state index in [1.54, 1.807) is 13.8 Å². The highest BCUT2D eigenvalue weighted by Gasteiger charge is 2.29. The highest BCUT2D eigenvalue weighted by molar-refractivity contribution is 5.04. The lowest BCUT2D eigenvalue weighted by Crippen LogP contribution is -2.27. The number of aromatic nitrogens is 2. The Morgan fingerprint density at radius 3 is 2.75 bits per heavy atom. The summed E-state index contributed by atoms with van der Waals surface area (Å²) in [5, 5.41) is 7.26. The summed E-state index contributed by atoms with van der Waals surface area (Å²) in [5.74, 6) is 1.50. The Morgan fingerprint density at radius 2 is 2.12 bits per heavy atom. The van der Waals surface area contributed by atoms with Gasteiger partial charge in [0, 0.05) is 5.92 Å². The van der Waals surface area contributed by atoms with Crippen molar-refractivity contribution < 1.29 is 8.91 Å². The molecule has 1 aromatic heterocycles. The van der Waals surface area contributed by atoms with Gasteiger partial charge in [0.15, 0.2) is 5.82 Å². The zero-order valence-electron chi connectivity index (χ0n) is 9.79. The fraction of sp³-hybridized carbons (Fsp3) is 0.818. The monoisotopic (exact) mass is 227 g/mol. The first-order valence-corrected chi connectivity index (χ1v) is 5.74. The maximum atomic E-state index is 12.8. The molecule has 0 amide bonds. The van der Waals surface area contributed by atoms with Gasteiger partial charge in [0.25, 0.3) is 0 Å². The van der Waals surface area contributed by atoms with E-state index in [0.29, 0.717) is 11.8 Å². The molecule has 0 saturated carbocycles. The van der Waals surface area contributed by atoms with Gasteiger partial charge in [-0.25, -0.2) is 4.39 Å². The highest BCUT2D eigenvalue weighted by atomic mass is 19.1. The smallest absolute Gasteiger partial charge is 0.234 e. The van der Waals surface area contributed by atoms with Crippen LogP contribution in [0.4, 0.5) is 4.39 Å². The van der Waals surface area contributed by atoms with Crippen LogP contribution < -0.4 is 5.32 Å². The molecule has 0 spiro atoms. The normalized spacial score (nSPS) is 18.9. The van der Waals surface area contributed by atoms with Gasteiger partial charge in [-0.1, -0.05) is 5.16 Å². The van der Waals surface area contributed by atoms with E-state index in [4.69, 9.17) is 4.52 Å². The topological polar surface area (TPSA) is 51.0 Å². The van der Waals surface area contributed by atoms with Gasteiger partial charge in [0.05, 0.1) is 5.41 Å². The largest absolute Gasteiger partial charge is 0.339 e. The van der Waals surface area contributed by atoms with Crippen molar-refractivity contribution in [2.24, 2.45) is 0 Å². The Balaban J connectivity index is 2.12. The maximum Gasteiger partial charge on any atom is 0.234 e. The molecule has 2 rings (SSSR count). The van der Waals surface area contributed by atoms with Crippen molar-refractivity contribution in [2.45, 2.75) is 38.0 Å². The van der Waals surface area contributed by atoms with Gasteiger partial charge in [-0.2, -0.15) is 4.98 Å². The van der Waals surface area contributed by atoms with E-state index < -0.39 is 12.1 Å². The maximum absolute atomic E-state index is 12.8. The summed E-state index contributed by atoms with van der Waals surface area (Å²) < 4.78 is 17.9. The molecular weight excluding hydrogens is 209 g/mol. The molecule has 0 aromatic carbocycles. The van der Waals surface area contributed by atoms with Gasteiger partial charge in [-0.15, -0.1) is 0 Å². The van der Waals surface area contributed by atoms with Crippen LogP contribution in [0.5, 0.6) is 0 Å². The summed E-state index contributed by atoms with van der Waals surface area (Å²) in [6, 6.07) is 0. The summed E-state index contributed by atoms with van der Waals surface area (Å²) in [5.41, 5.74) is -0.668. The van der Waals surface area contributed by atoms with Crippen LogP contribution in [0.1, 0.15) is 44.3 Å². The minimum absolute atomic E-state index is 0.356. The second-order valence-corrected chi connectivity index (χ2v) is 5.00. The fourth-order valence-electron chi connectivity index (χ4n) is 1.81. The molecule has 0 atom stereocenters. The fourth-order valence-corrected chi connectivity index (χ4v) is 1.81. The van der Waals surface area contributed by atoms with Crippen LogP contribution in [0.3, 0.4) is 0 Å². The second-order valence-electron chi connectivity index (χ2n) is 5.00. The molecule has 0 radical (unpaired) electrons. The molecule has 16 heavy (non-hydrogen) atoms. The summed E-state index contributed by atoms with van der Waals surface area (Å²) in [6.07, 6.45) is 2.05. The standard InChI is InChI=1S/C11H18FN3O/c1-11(2,7-12)10-14-9(15-16-10)8-3-5-13-6-4-8/h8,13H,3-7H2,1-2H3. The Kier molecular flexibility index (Phi) is 3.23. The van der Waals surface area contributed by atoms with E-state index in [1.165, 1.54) is 0 Å². The van der Waals surface area contributed by atoms with Crippen LogP contribution in [-0.4, -0.2) is 29.9 Å². The average molecular weight is 227 g/mol. The van der Waals surface area contributed by atoms with Crippen molar-refractivity contribution in [2.75, 3.05) is 19.8 Å². The SMILES string of the molecule is CC(C)(CF)c1nc(C2CCNCC2)no1. The van der Waals surface area contributed by atoms with Crippen molar-refractivity contribution >= 4 is 0 Å². The van der Waals surface area contributed by atoms with Crippen molar-refractivity contribution in [3.05, 3.63) is 11.7 Å². The number of piperidine rings is 1. The van der Waals surface area contributed by atoms with Crippen LogP contribution >= 0.6 is 0 Å². The second kappa shape index (κ2) is 4.49. The number of hydrogen-bond acceptors (Lipinski definition) is 4. The molecule has 5 heteroatoms. The number of alkyl halides is 1. The highest BCUT2D eigenvalue weighted by Crippen LogP contribution is 2.27. The van der Waals surface area contributed by atoms with Crippen LogP contribution in [0, 0.1) is 0 Å². The molecule has 1 N–H and O–H groups in total. The molecule has 4 nitrogen and oxygen atoms in total. The lowest BCUT2D eigenvalue weighted by atomic mass is 9.95. The molecule has 0 aliphatic carbocycles. The van der Waals surface area contributed by atoms with E-state index in [-0.39, 0.29) is 0 Å². The van der Waals surface area contributed by atoms with E-state index in [2.05, 4.69) is 15.5 Å². The van der Waals surface area contributed by atoms with Gasteiger partial charge in [-0.05, 0) is 39.8 Å². The molecular formula is C11H18FN3O. The van der Waals surface area contributed by atoms with Gasteiger partial charge >= 0.3 is 0 Å². The first kappa shape index (κ1) is 11.5. The zero-order chi connectivity index (χ0) is 11.6. The summed E-state index contributed by atoms with van der Waals surface area (Å²) in [4.78, 5) is 4.33. The van der Waals surface area contributed by atoms with Gasteiger partial charge in [0.2, 0.25) is 5.89 Å². The third kappa shape index (κ3) is 2.24. The summed E-state index contributed by atoms with van der Waals surface area (Å²) >= 11 is 0. The van der Waals surface area contributed by atoms with Crippen molar-refractivity contribution in [1.82, 2.24) is 15.5 Å². The van der Waals surface area contributed by atoms with E-state index >= 15 is 0 Å². The molecule has 1 aliphatic rings. The molecule has 1 fully saturated rings. The van der Waals surface area contributed by atoms with Crippen LogP contribution in [0.25, 0.3) is 0 Å². The van der Waals surface area contributed by atoms with Crippen LogP contribution in [-0.2, 0) is 5.41 Å². The number of halogens is 1. The average Bonchev–Trinajstić information content (AvgIpc) is 2.80. The quantitative estimate of drug-likeness (QED) is 0.855. The van der Waals surface area contributed by atoms with E-state index in [9.17, 15) is 4.39 Å². The minimum Gasteiger partial charge on any atom is -0.339 e. The van der Waals surface area contributed by atoms with Crippen LogP contribution in [0.2, 0.25) is 0 Å². The first-order valence-electron chi connectivity index (χ1n) is 5.74. The predicted molar refractivity (Wildman–Crippen MR) is 58.1 cm³/mol. The Morgan fingerprint density at radius 1 is 1.44 bits per heavy atom. The van der Waals surface area contributed by atoms with Crippen LogP contribution in [0.15, 0.2) is 4.52 Å². The molecule has 2 heterocycles. The molecule has 0 bridgehead atoms. The van der Waals surface area contributed by atoms with Crippen molar-refractivity contribution in [3.8, 4) is 0 Å². The predicted octanol–water partition coefficient (Wildman–Crippen LogP) is 1.78. The van der Waals surface area contributed by atoms with Gasteiger partial charge in [0.1, 0.15) is 6.67 Å². The van der Waals surface area contributed by atoms with E-state index in [0.717, 1.165) is 31.8 Å². The first-order chi connectivity index (χ1) is 7.63. The molecule has 1 aromatic rings. The summed E-state index contributed by atoms with van der Waals surface area (Å²) in [6.45, 7) is 5.03.